The number of anilines is 1. The van der Waals surface area contributed by atoms with E-state index in [1.807, 2.05) is 13.0 Å². The summed E-state index contributed by atoms with van der Waals surface area (Å²) in [7, 11) is 0. The molecule has 0 atom stereocenters. The summed E-state index contributed by atoms with van der Waals surface area (Å²) < 4.78 is 0. The fraction of sp³-hybridized carbons (Fsp3) is 0.462. The molecule has 3 heteroatoms. The van der Waals surface area contributed by atoms with Gasteiger partial charge in [-0.15, -0.1) is 0 Å². The number of para-hydroxylation sites is 1. The number of benzene rings is 1. The molecule has 0 amide bonds. The molecule has 0 aliphatic carbocycles. The van der Waals surface area contributed by atoms with Crippen molar-refractivity contribution in [2.24, 2.45) is 0 Å². The predicted octanol–water partition coefficient (Wildman–Crippen LogP) is 3.34. The van der Waals surface area contributed by atoms with Gasteiger partial charge in [0.25, 0.3) is 0 Å². The lowest BCUT2D eigenvalue weighted by atomic mass is 10.1. The summed E-state index contributed by atoms with van der Waals surface area (Å²) in [6, 6.07) is 8.35. The Morgan fingerprint density at radius 1 is 1.25 bits per heavy atom. The number of nitrogens with one attached hydrogen (secondary N) is 2. The van der Waals surface area contributed by atoms with Crippen LogP contribution in [0.1, 0.15) is 32.3 Å². The van der Waals surface area contributed by atoms with Crippen molar-refractivity contribution in [2.75, 3.05) is 11.9 Å². The largest absolute Gasteiger partial charge is 0.363 e. The van der Waals surface area contributed by atoms with Gasteiger partial charge in [-0.1, -0.05) is 31.5 Å². The highest BCUT2D eigenvalue weighted by atomic mass is 32.1. The topological polar surface area (TPSA) is 24.1 Å². The fourth-order valence-electron chi connectivity index (χ4n) is 1.55. The first-order valence-corrected chi connectivity index (χ1v) is 6.31. The molecule has 0 bridgehead atoms. The van der Waals surface area contributed by atoms with Crippen LogP contribution in [0.5, 0.6) is 0 Å². The van der Waals surface area contributed by atoms with Crippen molar-refractivity contribution in [3.63, 3.8) is 0 Å². The van der Waals surface area contributed by atoms with E-state index in [4.69, 9.17) is 12.2 Å². The fourth-order valence-corrected chi connectivity index (χ4v) is 1.81. The second-order valence-corrected chi connectivity index (χ2v) is 4.15. The molecular formula is C13H20N2S. The van der Waals surface area contributed by atoms with Crippen LogP contribution in [-0.4, -0.2) is 11.7 Å². The molecule has 0 radical (unpaired) electrons. The van der Waals surface area contributed by atoms with Gasteiger partial charge < -0.3 is 10.6 Å². The van der Waals surface area contributed by atoms with Crippen LogP contribution in [0.2, 0.25) is 0 Å². The summed E-state index contributed by atoms with van der Waals surface area (Å²) in [5.74, 6) is 0. The normalized spacial score (nSPS) is 9.88. The van der Waals surface area contributed by atoms with Gasteiger partial charge in [0.15, 0.2) is 5.11 Å². The van der Waals surface area contributed by atoms with Crippen LogP contribution in [0.3, 0.4) is 0 Å². The first-order chi connectivity index (χ1) is 7.77. The van der Waals surface area contributed by atoms with Crippen LogP contribution in [0.25, 0.3) is 0 Å². The third-order valence-corrected chi connectivity index (χ3v) is 2.65. The lowest BCUT2D eigenvalue weighted by Gasteiger charge is -2.12. The minimum Gasteiger partial charge on any atom is -0.363 e. The molecule has 0 unspecified atom stereocenters. The predicted molar refractivity (Wildman–Crippen MR) is 75.0 cm³/mol. The Bertz CT molecular complexity index is 336. The van der Waals surface area contributed by atoms with Gasteiger partial charge >= 0.3 is 0 Å². The molecule has 0 fully saturated rings. The number of hydrogen-bond acceptors (Lipinski definition) is 1. The summed E-state index contributed by atoms with van der Waals surface area (Å²) >= 11 is 5.19. The van der Waals surface area contributed by atoms with Gasteiger partial charge in [0, 0.05) is 12.2 Å². The maximum Gasteiger partial charge on any atom is 0.170 e. The van der Waals surface area contributed by atoms with Crippen molar-refractivity contribution in [1.82, 2.24) is 5.32 Å². The van der Waals surface area contributed by atoms with Crippen LogP contribution in [0.15, 0.2) is 24.3 Å². The monoisotopic (exact) mass is 236 g/mol. The van der Waals surface area contributed by atoms with E-state index in [1.54, 1.807) is 0 Å². The average Bonchev–Trinajstić information content (AvgIpc) is 2.28. The molecule has 2 nitrogen and oxygen atoms in total. The van der Waals surface area contributed by atoms with Crippen LogP contribution in [0, 0.1) is 0 Å². The Balaban J connectivity index is 2.66. The van der Waals surface area contributed by atoms with Gasteiger partial charge in [-0.3, -0.25) is 0 Å². The van der Waals surface area contributed by atoms with Gasteiger partial charge in [-0.25, -0.2) is 0 Å². The summed E-state index contributed by atoms with van der Waals surface area (Å²) in [6.45, 7) is 5.10. The van der Waals surface area contributed by atoms with Crippen LogP contribution >= 0.6 is 12.2 Å². The number of aryl methyl sites for hydroxylation is 1. The molecule has 0 spiro atoms. The molecule has 0 saturated heterocycles. The van der Waals surface area contributed by atoms with E-state index in [-0.39, 0.29) is 0 Å². The van der Waals surface area contributed by atoms with Gasteiger partial charge in [-0.05, 0) is 43.6 Å². The Kier molecular flexibility index (Phi) is 5.86. The Morgan fingerprint density at radius 3 is 2.69 bits per heavy atom. The van der Waals surface area contributed by atoms with Gasteiger partial charge in [0.1, 0.15) is 0 Å². The van der Waals surface area contributed by atoms with E-state index in [0.29, 0.717) is 5.11 Å². The standard InChI is InChI=1S/C13H20N2S/c1-3-5-8-11-9-6-7-10-12(11)15-13(16)14-4-2/h6-7,9-10H,3-5,8H2,1-2H3,(H2,14,15,16). The molecule has 0 aliphatic rings. The Morgan fingerprint density at radius 2 is 2.00 bits per heavy atom. The second kappa shape index (κ2) is 7.23. The molecule has 1 rings (SSSR count). The number of hydrogen-bond donors (Lipinski definition) is 2. The number of unbranched alkanes of at least 4 members (excludes halogenated alkanes) is 1. The Labute approximate surface area is 103 Å². The summed E-state index contributed by atoms with van der Waals surface area (Å²) in [5.41, 5.74) is 2.46. The highest BCUT2D eigenvalue weighted by molar-refractivity contribution is 7.80. The van der Waals surface area contributed by atoms with Crippen LogP contribution < -0.4 is 10.6 Å². The van der Waals surface area contributed by atoms with Crippen molar-refractivity contribution in [1.29, 1.82) is 0 Å². The van der Waals surface area contributed by atoms with Gasteiger partial charge in [0.2, 0.25) is 0 Å². The highest BCUT2D eigenvalue weighted by Gasteiger charge is 2.02. The molecule has 1 aromatic carbocycles. The number of rotatable bonds is 5. The molecule has 0 aromatic heterocycles. The van der Waals surface area contributed by atoms with E-state index in [0.717, 1.165) is 18.7 Å². The van der Waals surface area contributed by atoms with E-state index in [9.17, 15) is 0 Å². The lowest BCUT2D eigenvalue weighted by molar-refractivity contribution is 0.796. The smallest absolute Gasteiger partial charge is 0.170 e. The van der Waals surface area contributed by atoms with Crippen molar-refractivity contribution < 1.29 is 0 Å². The van der Waals surface area contributed by atoms with E-state index >= 15 is 0 Å². The SMILES string of the molecule is CCCCc1ccccc1NC(=S)NCC. The van der Waals surface area contributed by atoms with Crippen molar-refractivity contribution in [2.45, 2.75) is 33.1 Å². The average molecular weight is 236 g/mol. The zero-order valence-electron chi connectivity index (χ0n) is 10.0. The van der Waals surface area contributed by atoms with E-state index in [2.05, 4.69) is 35.8 Å². The lowest BCUT2D eigenvalue weighted by Crippen LogP contribution is -2.28. The first kappa shape index (κ1) is 13.0. The van der Waals surface area contributed by atoms with Crippen molar-refractivity contribution in [3.8, 4) is 0 Å². The Hall–Kier alpha value is -1.09. The third kappa shape index (κ3) is 4.19. The van der Waals surface area contributed by atoms with Crippen LogP contribution in [0.4, 0.5) is 5.69 Å². The maximum atomic E-state index is 5.19. The highest BCUT2D eigenvalue weighted by Crippen LogP contribution is 2.17. The summed E-state index contributed by atoms with van der Waals surface area (Å²) in [4.78, 5) is 0. The number of thiocarbonyl (C=S) groups is 1. The summed E-state index contributed by atoms with van der Waals surface area (Å²) in [6.07, 6.45) is 3.53. The van der Waals surface area contributed by atoms with Crippen molar-refractivity contribution >= 4 is 23.0 Å². The minimum atomic E-state index is 0.700. The van der Waals surface area contributed by atoms with Crippen molar-refractivity contribution in [3.05, 3.63) is 29.8 Å². The molecule has 88 valence electrons. The third-order valence-electron chi connectivity index (χ3n) is 2.40. The molecule has 1 aromatic rings. The summed E-state index contributed by atoms with van der Waals surface area (Å²) in [5, 5.41) is 7.04. The molecule has 0 aliphatic heterocycles. The molecule has 2 N–H and O–H groups in total. The van der Waals surface area contributed by atoms with Gasteiger partial charge in [-0.2, -0.15) is 0 Å². The molecule has 0 saturated carbocycles. The van der Waals surface area contributed by atoms with Crippen LogP contribution in [-0.2, 0) is 6.42 Å². The van der Waals surface area contributed by atoms with E-state index < -0.39 is 0 Å². The molecular weight excluding hydrogens is 216 g/mol. The van der Waals surface area contributed by atoms with Gasteiger partial charge in [0.05, 0.1) is 0 Å². The molecule has 16 heavy (non-hydrogen) atoms. The zero-order chi connectivity index (χ0) is 11.8. The minimum absolute atomic E-state index is 0.700. The maximum absolute atomic E-state index is 5.19. The second-order valence-electron chi connectivity index (χ2n) is 3.75. The quantitative estimate of drug-likeness (QED) is 0.767. The first-order valence-electron chi connectivity index (χ1n) is 5.90. The van der Waals surface area contributed by atoms with E-state index in [1.165, 1.54) is 18.4 Å². The molecule has 0 heterocycles. The zero-order valence-corrected chi connectivity index (χ0v) is 10.9.